The van der Waals surface area contributed by atoms with Crippen LogP contribution in [0.2, 0.25) is 0 Å². The number of rotatable bonds is 6. The van der Waals surface area contributed by atoms with E-state index in [0.29, 0.717) is 18.1 Å². The molecule has 12 heteroatoms. The van der Waals surface area contributed by atoms with E-state index in [4.69, 9.17) is 0 Å². The van der Waals surface area contributed by atoms with Gasteiger partial charge in [0, 0.05) is 43.5 Å². The highest BCUT2D eigenvalue weighted by Crippen LogP contribution is 2.36. The third-order valence-electron chi connectivity index (χ3n) is 6.59. The Morgan fingerprint density at radius 1 is 1.23 bits per heavy atom. The lowest BCUT2D eigenvalue weighted by molar-refractivity contribution is -0.140. The van der Waals surface area contributed by atoms with Gasteiger partial charge in [0.25, 0.3) is 5.56 Å². The molecule has 0 aliphatic carbocycles. The molecule has 2 unspecified atom stereocenters. The van der Waals surface area contributed by atoms with Crippen molar-refractivity contribution in [2.75, 3.05) is 18.0 Å². The molecule has 1 saturated heterocycles. The van der Waals surface area contributed by atoms with Crippen LogP contribution < -0.4 is 21.5 Å². The second kappa shape index (κ2) is 9.06. The third kappa shape index (κ3) is 3.81. The van der Waals surface area contributed by atoms with Crippen LogP contribution in [0, 0.1) is 5.92 Å². The normalized spacial score (nSPS) is 17.5. The van der Waals surface area contributed by atoms with Crippen molar-refractivity contribution in [1.29, 1.82) is 0 Å². The fraction of sp³-hybridized carbons (Fsp3) is 0.348. The van der Waals surface area contributed by atoms with Gasteiger partial charge in [0.05, 0.1) is 6.54 Å². The summed E-state index contributed by atoms with van der Waals surface area (Å²) in [5.74, 6) is -0.977. The highest BCUT2D eigenvalue weighted by Gasteiger charge is 2.37. The van der Waals surface area contributed by atoms with Gasteiger partial charge in [-0.25, -0.2) is 9.59 Å². The second-order valence-corrected chi connectivity index (χ2v) is 8.61. The van der Waals surface area contributed by atoms with Gasteiger partial charge in [-0.1, -0.05) is 30.3 Å². The Kier molecular flexibility index (Phi) is 6.28. The summed E-state index contributed by atoms with van der Waals surface area (Å²) in [6.07, 6.45) is 2.74. The van der Waals surface area contributed by atoms with Crippen LogP contribution in [-0.2, 0) is 18.4 Å². The predicted molar refractivity (Wildman–Crippen MR) is 131 cm³/mol. The minimum atomic E-state index is -1.14. The topological polar surface area (TPSA) is 131 Å². The maximum atomic E-state index is 13.6. The van der Waals surface area contributed by atoms with E-state index in [1.165, 1.54) is 23.1 Å². The highest BCUT2D eigenvalue weighted by atomic mass is 35.5. The number of imidazole rings is 1. The lowest BCUT2D eigenvalue weighted by Crippen LogP contribution is -2.41. The number of fused-ring (bicyclic) bond motifs is 2. The van der Waals surface area contributed by atoms with Crippen molar-refractivity contribution in [3.63, 3.8) is 0 Å². The molecule has 184 valence electrons. The van der Waals surface area contributed by atoms with Crippen molar-refractivity contribution in [3.05, 3.63) is 68.6 Å². The molecule has 3 aromatic rings. The molecule has 35 heavy (non-hydrogen) atoms. The Labute approximate surface area is 205 Å². The number of carbonyl (C=O) groups excluding carboxylic acids is 1. The number of carboxylic acids is 1. The average Bonchev–Trinajstić information content (AvgIpc) is 3.54. The molecule has 0 bridgehead atoms. The Bertz CT molecular complexity index is 1470. The van der Waals surface area contributed by atoms with Crippen LogP contribution >= 0.6 is 12.4 Å². The quantitative estimate of drug-likeness (QED) is 0.481. The molecule has 11 nitrogen and oxygen atoms in total. The number of hydrogen-bond donors (Lipinski definition) is 2. The standard InChI is InChI=1S/C23H24N6O5.ClH/c1-13(21(32)33)29-18-19(25-22(29)27-9-8-15-10-24-11-16(15)27)26(2)23(34)28(20(18)31)12-17(30)14-6-4-3-5-7-14;/h3-7,11,13,15,24H,8-10,12H2,1-2H3,(H,32,33);1H. The van der Waals surface area contributed by atoms with E-state index in [1.807, 2.05) is 11.1 Å². The van der Waals surface area contributed by atoms with Gasteiger partial charge >= 0.3 is 11.7 Å². The minimum absolute atomic E-state index is 0. The van der Waals surface area contributed by atoms with E-state index < -0.39 is 35.6 Å². The molecule has 0 amide bonds. The number of halogens is 1. The largest absolute Gasteiger partial charge is 0.480 e. The van der Waals surface area contributed by atoms with Gasteiger partial charge in [0.1, 0.15) is 6.04 Å². The van der Waals surface area contributed by atoms with Crippen molar-refractivity contribution >= 4 is 41.3 Å². The molecule has 2 aromatic heterocycles. The average molecular weight is 501 g/mol. The van der Waals surface area contributed by atoms with Crippen LogP contribution in [0.1, 0.15) is 29.7 Å². The first-order chi connectivity index (χ1) is 16.3. The molecular weight excluding hydrogens is 476 g/mol. The number of carboxylic acid groups (broad SMARTS) is 1. The zero-order chi connectivity index (χ0) is 24.1. The number of benzene rings is 1. The van der Waals surface area contributed by atoms with Gasteiger partial charge in [0.15, 0.2) is 16.9 Å². The van der Waals surface area contributed by atoms with Crippen molar-refractivity contribution in [2.24, 2.45) is 13.0 Å². The summed E-state index contributed by atoms with van der Waals surface area (Å²) in [5, 5.41) is 13.0. The monoisotopic (exact) mass is 500 g/mol. The summed E-state index contributed by atoms with van der Waals surface area (Å²) in [5.41, 5.74) is -0.0444. The Hall–Kier alpha value is -3.86. The molecule has 2 atom stereocenters. The molecule has 1 fully saturated rings. The highest BCUT2D eigenvalue weighted by molar-refractivity contribution is 5.96. The maximum absolute atomic E-state index is 13.6. The smallest absolute Gasteiger partial charge is 0.332 e. The number of hydrogen-bond acceptors (Lipinski definition) is 7. The molecule has 2 aliphatic rings. The summed E-state index contributed by atoms with van der Waals surface area (Å²) >= 11 is 0. The van der Waals surface area contributed by atoms with Gasteiger partial charge in [0.2, 0.25) is 5.95 Å². The van der Waals surface area contributed by atoms with Gasteiger partial charge in [-0.15, -0.1) is 12.4 Å². The van der Waals surface area contributed by atoms with E-state index in [2.05, 4.69) is 10.3 Å². The van der Waals surface area contributed by atoms with E-state index in [1.54, 1.807) is 30.3 Å². The van der Waals surface area contributed by atoms with Crippen molar-refractivity contribution < 1.29 is 14.7 Å². The molecule has 0 spiro atoms. The molecule has 0 saturated carbocycles. The number of aromatic nitrogens is 4. The molecule has 2 N–H and O–H groups in total. The van der Waals surface area contributed by atoms with E-state index in [9.17, 15) is 24.3 Å². The van der Waals surface area contributed by atoms with Crippen LogP contribution in [-0.4, -0.2) is 48.6 Å². The second-order valence-electron chi connectivity index (χ2n) is 8.61. The number of carbonyl (C=O) groups is 2. The summed E-state index contributed by atoms with van der Waals surface area (Å²) < 4.78 is 3.40. The molecule has 0 radical (unpaired) electrons. The number of Topliss-reactive ketones (excluding diaryl/α,β-unsaturated/α-hetero) is 1. The fourth-order valence-corrected chi connectivity index (χ4v) is 4.70. The first kappa shape index (κ1) is 24.3. The lowest BCUT2D eigenvalue weighted by atomic mass is 10.1. The van der Waals surface area contributed by atoms with Crippen molar-refractivity contribution in [1.82, 2.24) is 24.0 Å². The van der Waals surface area contributed by atoms with Crippen LogP contribution in [0.15, 0.2) is 51.8 Å². The van der Waals surface area contributed by atoms with Gasteiger partial charge in [-0.3, -0.25) is 23.3 Å². The molecular formula is C23H25ClN6O5. The van der Waals surface area contributed by atoms with Crippen molar-refractivity contribution in [2.45, 2.75) is 25.9 Å². The van der Waals surface area contributed by atoms with Crippen LogP contribution in [0.25, 0.3) is 11.2 Å². The number of anilines is 1. The predicted octanol–water partition coefficient (Wildman–Crippen LogP) is 1.12. The van der Waals surface area contributed by atoms with Gasteiger partial charge in [-0.05, 0) is 13.3 Å². The molecule has 5 rings (SSSR count). The van der Waals surface area contributed by atoms with Crippen LogP contribution in [0.3, 0.4) is 0 Å². The third-order valence-corrected chi connectivity index (χ3v) is 6.59. The fourth-order valence-electron chi connectivity index (χ4n) is 4.70. The summed E-state index contributed by atoms with van der Waals surface area (Å²) in [6, 6.07) is 7.25. The number of ketones is 1. The lowest BCUT2D eigenvalue weighted by Gasteiger charge is -2.22. The first-order valence-corrected chi connectivity index (χ1v) is 11.0. The zero-order valence-corrected chi connectivity index (χ0v) is 20.0. The van der Waals surface area contributed by atoms with Gasteiger partial charge < -0.3 is 15.3 Å². The molecule has 1 aromatic carbocycles. The number of nitrogens with zero attached hydrogens (tertiary/aromatic N) is 5. The van der Waals surface area contributed by atoms with E-state index in [-0.39, 0.29) is 29.5 Å². The minimum Gasteiger partial charge on any atom is -0.480 e. The number of nitrogens with one attached hydrogen (secondary N) is 1. The molecule has 4 heterocycles. The van der Waals surface area contributed by atoms with Crippen LogP contribution in [0.4, 0.5) is 5.95 Å². The van der Waals surface area contributed by atoms with Gasteiger partial charge in [-0.2, -0.15) is 4.98 Å². The van der Waals surface area contributed by atoms with Crippen LogP contribution in [0.5, 0.6) is 0 Å². The van der Waals surface area contributed by atoms with E-state index in [0.717, 1.165) is 23.2 Å². The summed E-state index contributed by atoms with van der Waals surface area (Å²) in [7, 11) is 1.46. The number of aryl methyl sites for hydroxylation is 1. The summed E-state index contributed by atoms with van der Waals surface area (Å²) in [4.78, 5) is 57.9. The first-order valence-electron chi connectivity index (χ1n) is 11.0. The Morgan fingerprint density at radius 2 is 1.94 bits per heavy atom. The molecule has 2 aliphatic heterocycles. The number of aliphatic carboxylic acids is 1. The van der Waals surface area contributed by atoms with Crippen molar-refractivity contribution in [3.8, 4) is 0 Å². The van der Waals surface area contributed by atoms with E-state index >= 15 is 0 Å². The SMILES string of the molecule is CC(C(=O)O)n1c(N2CCC3CNC=C32)nc2c1c(=O)n(CC(=O)c1ccccc1)c(=O)n2C.Cl. The Morgan fingerprint density at radius 3 is 2.63 bits per heavy atom. The maximum Gasteiger partial charge on any atom is 0.332 e. The Balaban J connectivity index is 0.00000289. The zero-order valence-electron chi connectivity index (χ0n) is 19.2. The summed E-state index contributed by atoms with van der Waals surface area (Å²) in [6.45, 7) is 2.40.